The van der Waals surface area contributed by atoms with Gasteiger partial charge < -0.3 is 0 Å². The van der Waals surface area contributed by atoms with Crippen LogP contribution in [0.15, 0.2) is 47.4 Å². The molecule has 0 saturated heterocycles. The minimum Gasteiger partial charge on any atom is -0.258 e. The van der Waals surface area contributed by atoms with E-state index in [2.05, 4.69) is 10.8 Å². The number of fused-ring (bicyclic) bond motifs is 1. The molecule has 25 heavy (non-hydrogen) atoms. The molecular weight excluding hydrogens is 340 g/mol. The van der Waals surface area contributed by atoms with Gasteiger partial charge in [-0.25, -0.2) is 13.1 Å². The fourth-order valence-electron chi connectivity index (χ4n) is 3.22. The normalized spacial score (nSPS) is 15.4. The Balaban J connectivity index is 1.87. The molecule has 0 amide bonds. The average molecular weight is 360 g/mol. The summed E-state index contributed by atoms with van der Waals surface area (Å²) in [5.41, 5.74) is 3.03. The third-order valence-corrected chi connectivity index (χ3v) is 6.14. The molecule has 7 heteroatoms. The number of hydrogen-bond donors (Lipinski definition) is 1. The number of aryl methyl sites for hydroxylation is 2. The first kappa shape index (κ1) is 17.6. The van der Waals surface area contributed by atoms with Gasteiger partial charge in [-0.05, 0) is 55.4 Å². The first-order chi connectivity index (χ1) is 11.9. The zero-order valence-corrected chi connectivity index (χ0v) is 14.8. The van der Waals surface area contributed by atoms with Crippen LogP contribution in [0.2, 0.25) is 0 Å². The Morgan fingerprint density at radius 2 is 1.76 bits per heavy atom. The predicted octanol–water partition coefficient (Wildman–Crippen LogP) is 3.51. The number of hydrogen-bond acceptors (Lipinski definition) is 4. The monoisotopic (exact) mass is 360 g/mol. The third-order valence-electron chi connectivity index (χ3n) is 4.56. The van der Waals surface area contributed by atoms with Crippen molar-refractivity contribution in [1.82, 2.24) is 4.72 Å². The van der Waals surface area contributed by atoms with Gasteiger partial charge >= 0.3 is 0 Å². The van der Waals surface area contributed by atoms with E-state index in [4.69, 9.17) is 0 Å². The van der Waals surface area contributed by atoms with Gasteiger partial charge in [-0.3, -0.25) is 10.1 Å². The number of nitrogens with zero attached hydrogens (tertiary/aromatic N) is 1. The molecule has 132 valence electrons. The summed E-state index contributed by atoms with van der Waals surface area (Å²) in [6.07, 6.45) is 4.40. The van der Waals surface area contributed by atoms with E-state index in [0.29, 0.717) is 0 Å². The van der Waals surface area contributed by atoms with Crippen molar-refractivity contribution in [2.24, 2.45) is 0 Å². The van der Waals surface area contributed by atoms with Crippen molar-refractivity contribution in [3.05, 3.63) is 69.3 Å². The van der Waals surface area contributed by atoms with Crippen LogP contribution < -0.4 is 4.72 Å². The van der Waals surface area contributed by atoms with Crippen molar-refractivity contribution >= 4 is 15.7 Å². The molecule has 2 aromatic rings. The highest BCUT2D eigenvalue weighted by atomic mass is 32.2. The van der Waals surface area contributed by atoms with Gasteiger partial charge in [0.05, 0.1) is 4.92 Å². The maximum absolute atomic E-state index is 12.6. The molecule has 1 aliphatic carbocycles. The Morgan fingerprint density at radius 1 is 1.08 bits per heavy atom. The van der Waals surface area contributed by atoms with Crippen LogP contribution in [0, 0.1) is 10.1 Å². The predicted molar refractivity (Wildman–Crippen MR) is 94.9 cm³/mol. The van der Waals surface area contributed by atoms with Crippen LogP contribution in [0.5, 0.6) is 0 Å². The summed E-state index contributed by atoms with van der Waals surface area (Å²) >= 11 is 0. The van der Waals surface area contributed by atoms with E-state index in [1.54, 1.807) is 6.92 Å². The molecule has 0 unspecified atom stereocenters. The van der Waals surface area contributed by atoms with Crippen molar-refractivity contribution in [2.75, 3.05) is 0 Å². The molecule has 1 atom stereocenters. The van der Waals surface area contributed by atoms with Crippen molar-refractivity contribution < 1.29 is 13.3 Å². The summed E-state index contributed by atoms with van der Waals surface area (Å²) < 4.78 is 27.8. The minimum atomic E-state index is -4.00. The molecule has 2 aromatic carbocycles. The number of nitro groups is 1. The van der Waals surface area contributed by atoms with Gasteiger partial charge in [0.2, 0.25) is 10.0 Å². The lowest BCUT2D eigenvalue weighted by atomic mass is 9.89. The molecule has 3 rings (SSSR count). The van der Waals surface area contributed by atoms with Crippen molar-refractivity contribution in [1.29, 1.82) is 0 Å². The van der Waals surface area contributed by atoms with E-state index < -0.39 is 26.7 Å². The first-order valence-corrected chi connectivity index (χ1v) is 9.74. The number of benzene rings is 2. The van der Waals surface area contributed by atoms with E-state index in [1.165, 1.54) is 41.8 Å². The lowest BCUT2D eigenvalue weighted by Gasteiger charge is -2.20. The summed E-state index contributed by atoms with van der Waals surface area (Å²) in [6, 6.07) is 10.9. The maximum Gasteiger partial charge on any atom is 0.289 e. The first-order valence-electron chi connectivity index (χ1n) is 8.26. The summed E-state index contributed by atoms with van der Waals surface area (Å²) in [6.45, 7) is 1.75. The van der Waals surface area contributed by atoms with Gasteiger partial charge in [-0.15, -0.1) is 0 Å². The Morgan fingerprint density at radius 3 is 2.48 bits per heavy atom. The van der Waals surface area contributed by atoms with Crippen LogP contribution in [0.3, 0.4) is 0 Å². The smallest absolute Gasteiger partial charge is 0.258 e. The second kappa shape index (κ2) is 6.93. The van der Waals surface area contributed by atoms with Crippen molar-refractivity contribution in [3.63, 3.8) is 0 Å². The maximum atomic E-state index is 12.6. The highest BCUT2D eigenvalue weighted by Crippen LogP contribution is 2.27. The molecule has 0 saturated carbocycles. The SMILES string of the molecule is C[C@H](NS(=O)(=O)c1ccccc1[N+](=O)[O-])c1ccc2c(c1)CCCC2. The Hall–Kier alpha value is -2.25. The molecule has 0 fully saturated rings. The highest BCUT2D eigenvalue weighted by molar-refractivity contribution is 7.89. The van der Waals surface area contributed by atoms with Crippen molar-refractivity contribution in [3.8, 4) is 0 Å². The molecule has 0 bridgehead atoms. The van der Waals surface area contributed by atoms with Crippen LogP contribution in [-0.2, 0) is 22.9 Å². The lowest BCUT2D eigenvalue weighted by Crippen LogP contribution is -2.27. The van der Waals surface area contributed by atoms with Gasteiger partial charge in [-0.1, -0.05) is 30.3 Å². The number of para-hydroxylation sites is 1. The fourth-order valence-corrected chi connectivity index (χ4v) is 4.63. The molecule has 0 aromatic heterocycles. The topological polar surface area (TPSA) is 89.3 Å². The van der Waals surface area contributed by atoms with E-state index >= 15 is 0 Å². The molecule has 0 radical (unpaired) electrons. The van der Waals surface area contributed by atoms with E-state index in [-0.39, 0.29) is 4.90 Å². The summed E-state index contributed by atoms with van der Waals surface area (Å²) in [7, 11) is -4.00. The van der Waals surface area contributed by atoms with E-state index in [9.17, 15) is 18.5 Å². The number of nitro benzene ring substituents is 1. The third kappa shape index (κ3) is 3.72. The molecule has 6 nitrogen and oxygen atoms in total. The van der Waals surface area contributed by atoms with E-state index in [0.717, 1.165) is 24.8 Å². The Kier molecular flexibility index (Phi) is 4.87. The zero-order valence-electron chi connectivity index (χ0n) is 13.9. The van der Waals surface area contributed by atoms with Gasteiger partial charge in [0, 0.05) is 12.1 Å². The lowest BCUT2D eigenvalue weighted by molar-refractivity contribution is -0.387. The molecule has 0 heterocycles. The van der Waals surface area contributed by atoms with Crippen LogP contribution in [0.25, 0.3) is 0 Å². The second-order valence-corrected chi connectivity index (χ2v) is 7.99. The summed E-state index contributed by atoms with van der Waals surface area (Å²) in [5, 5.41) is 11.1. The molecule has 1 N–H and O–H groups in total. The average Bonchev–Trinajstić information content (AvgIpc) is 2.61. The second-order valence-electron chi connectivity index (χ2n) is 6.30. The number of nitrogens with one attached hydrogen (secondary N) is 1. The standard InChI is InChI=1S/C18H20N2O4S/c1-13(15-11-10-14-6-2-3-7-16(14)12-15)19-25(23,24)18-9-5-4-8-17(18)20(21)22/h4-5,8-13,19H,2-3,6-7H2,1H3/t13-/m0/s1. The van der Waals surface area contributed by atoms with Gasteiger partial charge in [0.15, 0.2) is 4.90 Å². The number of sulfonamides is 1. The molecule has 0 spiro atoms. The zero-order chi connectivity index (χ0) is 18.0. The van der Waals surface area contributed by atoms with Crippen molar-refractivity contribution in [2.45, 2.75) is 43.5 Å². The Bertz CT molecular complexity index is 909. The number of rotatable bonds is 5. The molecule has 1 aliphatic rings. The summed E-state index contributed by atoms with van der Waals surface area (Å²) in [4.78, 5) is 10.1. The van der Waals surface area contributed by atoms with Crippen LogP contribution in [-0.4, -0.2) is 13.3 Å². The minimum absolute atomic E-state index is 0.315. The quantitative estimate of drug-likeness (QED) is 0.653. The van der Waals surface area contributed by atoms with Gasteiger partial charge in [0.1, 0.15) is 0 Å². The largest absolute Gasteiger partial charge is 0.289 e. The molecule has 0 aliphatic heterocycles. The highest BCUT2D eigenvalue weighted by Gasteiger charge is 2.27. The van der Waals surface area contributed by atoms with Gasteiger partial charge in [0.25, 0.3) is 5.69 Å². The summed E-state index contributed by atoms with van der Waals surface area (Å²) in [5.74, 6) is 0. The van der Waals surface area contributed by atoms with Gasteiger partial charge in [-0.2, -0.15) is 0 Å². The van der Waals surface area contributed by atoms with Crippen LogP contribution in [0.1, 0.15) is 42.5 Å². The fraction of sp³-hybridized carbons (Fsp3) is 0.333. The van der Waals surface area contributed by atoms with Crippen LogP contribution in [0.4, 0.5) is 5.69 Å². The Labute approximate surface area is 147 Å². The van der Waals surface area contributed by atoms with E-state index in [1.807, 2.05) is 12.1 Å². The molecular formula is C18H20N2O4S. The van der Waals surface area contributed by atoms with Crippen LogP contribution >= 0.6 is 0 Å².